The molecule has 12 aromatic carbocycles. The fraction of sp³-hybridized carbons (Fsp3) is 0.0972. The molecule has 0 saturated carbocycles. The van der Waals surface area contributed by atoms with Crippen molar-refractivity contribution in [2.45, 2.75) is 32.6 Å². The standard InChI is InChI=1S/C32H21ClSi.C20H11BrClI.C12H10Cl2Si.C4H8O.C4H9.Li/c33-22-19-20-30-29(21-22)31-27-17-9-7-15-25(27)26-16-8-10-18-28(26)32(31)34(30,23-11-3-1-4-12-23)24-13-5-2-6-14-24;21-18-10-9-12(22)11-17(18)19-15-7-3-1-5-13(15)14-6-2-4-8-16(14)20(19)23;13-15(14,11-7-3-1-4-8-11)12-9-5-2-6-10-12;1-2-4-5-3-1;1-3-4-2;/h1-21H;1-11H;1-10H;1-4H2;1,3-4H2,2H3;/q;;;;-1;+1. The van der Waals surface area contributed by atoms with Gasteiger partial charge in [0.15, 0.2) is 8.07 Å². The smallest absolute Gasteiger partial charge is 0.381 e. The molecular weight excluding hydrogens is 1290 g/mol. The predicted molar refractivity (Wildman–Crippen MR) is 371 cm³/mol. The Labute approximate surface area is 538 Å². The zero-order valence-electron chi connectivity index (χ0n) is 45.9. The molecule has 0 amide bonds. The summed E-state index contributed by atoms with van der Waals surface area (Å²) >= 11 is 32.1. The monoisotopic (exact) mass is 1350 g/mol. The summed E-state index contributed by atoms with van der Waals surface area (Å²) in [5, 5.41) is 19.7. The van der Waals surface area contributed by atoms with Crippen LogP contribution in [0.3, 0.4) is 0 Å². The minimum atomic E-state index is -2.59. The first-order valence-electron chi connectivity index (χ1n) is 27.3. The Balaban J connectivity index is 0.000000145. The van der Waals surface area contributed by atoms with Gasteiger partial charge in [0.05, 0.1) is 0 Å². The maximum absolute atomic E-state index is 6.66. The van der Waals surface area contributed by atoms with Gasteiger partial charge in [-0.25, -0.2) is 0 Å². The Morgan fingerprint density at radius 1 is 0.476 bits per heavy atom. The Hall–Kier alpha value is -4.96. The number of hydrogen-bond acceptors (Lipinski definition) is 1. The van der Waals surface area contributed by atoms with Crippen molar-refractivity contribution in [2.75, 3.05) is 13.2 Å². The number of halogens is 6. The summed E-state index contributed by atoms with van der Waals surface area (Å²) in [4.78, 5) is 0. The number of fused-ring (bicyclic) bond motifs is 11. The molecule has 0 radical (unpaired) electrons. The van der Waals surface area contributed by atoms with E-state index in [2.05, 4.69) is 228 Å². The maximum atomic E-state index is 6.66. The first kappa shape index (κ1) is 61.6. The van der Waals surface area contributed by atoms with Crippen molar-refractivity contribution in [3.05, 3.63) is 280 Å². The minimum Gasteiger partial charge on any atom is -0.381 e. The average Bonchev–Trinajstić information content (AvgIpc) is 3.11. The van der Waals surface area contributed by atoms with E-state index >= 15 is 0 Å². The van der Waals surface area contributed by atoms with E-state index in [0.29, 0.717) is 0 Å². The van der Waals surface area contributed by atoms with Crippen LogP contribution in [-0.2, 0) is 4.74 Å². The number of unbranched alkanes of at least 4 members (excludes halogenated alkanes) is 1. The van der Waals surface area contributed by atoms with Crippen LogP contribution in [0.1, 0.15) is 32.6 Å². The van der Waals surface area contributed by atoms with Crippen LogP contribution in [0.2, 0.25) is 10.0 Å². The van der Waals surface area contributed by atoms with Crippen molar-refractivity contribution in [3.63, 3.8) is 0 Å². The zero-order valence-corrected chi connectivity index (χ0v) is 54.6. The summed E-state index contributed by atoms with van der Waals surface area (Å²) in [7, 11) is -2.59. The third-order valence-electron chi connectivity index (χ3n) is 14.9. The molecule has 0 bridgehead atoms. The molecule has 10 heteroatoms. The molecule has 0 aromatic heterocycles. The van der Waals surface area contributed by atoms with Gasteiger partial charge in [-0.15, -0.1) is 22.2 Å². The Morgan fingerprint density at radius 2 is 0.841 bits per heavy atom. The van der Waals surface area contributed by atoms with Crippen LogP contribution in [0.15, 0.2) is 259 Å². The molecular formula is C72H59BrCl4ILiOSi2. The van der Waals surface area contributed by atoms with Crippen LogP contribution in [-0.4, -0.2) is 28.0 Å². The van der Waals surface area contributed by atoms with Crippen LogP contribution < -0.4 is 50.0 Å². The molecule has 14 rings (SSSR count). The Bertz CT molecular complexity index is 4010. The first-order chi connectivity index (χ1) is 39.6. The van der Waals surface area contributed by atoms with E-state index in [-0.39, 0.29) is 18.9 Å². The van der Waals surface area contributed by atoms with Crippen LogP contribution in [0.5, 0.6) is 0 Å². The van der Waals surface area contributed by atoms with Crippen molar-refractivity contribution in [2.24, 2.45) is 0 Å². The quantitative estimate of drug-likeness (QED) is 0.0530. The van der Waals surface area contributed by atoms with E-state index < -0.39 is 14.8 Å². The average molecular weight is 1350 g/mol. The van der Waals surface area contributed by atoms with Crippen molar-refractivity contribution in [3.8, 4) is 22.3 Å². The molecule has 12 aromatic rings. The second-order valence-electron chi connectivity index (χ2n) is 19.9. The second-order valence-corrected chi connectivity index (χ2v) is 32.7. The fourth-order valence-corrected chi connectivity index (χ4v) is 21.5. The zero-order chi connectivity index (χ0) is 56.3. The van der Waals surface area contributed by atoms with E-state index in [0.717, 1.165) is 50.1 Å². The number of hydrogen-bond donors (Lipinski definition) is 0. The maximum Gasteiger partial charge on any atom is 1.00 e. The molecule has 1 nitrogen and oxygen atoms in total. The minimum absolute atomic E-state index is 0. The van der Waals surface area contributed by atoms with Gasteiger partial charge in [-0.3, -0.25) is 0 Å². The molecule has 2 aliphatic rings. The molecule has 404 valence electrons. The van der Waals surface area contributed by atoms with Gasteiger partial charge in [0.2, 0.25) is 0 Å². The van der Waals surface area contributed by atoms with Gasteiger partial charge in [0.25, 0.3) is 0 Å². The third kappa shape index (κ3) is 12.8. The van der Waals surface area contributed by atoms with E-state index in [1.54, 1.807) is 0 Å². The van der Waals surface area contributed by atoms with E-state index in [9.17, 15) is 0 Å². The predicted octanol–water partition coefficient (Wildman–Crippen LogP) is 15.8. The van der Waals surface area contributed by atoms with E-state index in [4.69, 9.17) is 50.1 Å². The van der Waals surface area contributed by atoms with Crippen LogP contribution in [0.25, 0.3) is 65.3 Å². The molecule has 0 spiro atoms. The van der Waals surface area contributed by atoms with Crippen LogP contribution in [0.4, 0.5) is 0 Å². The number of ether oxygens (including phenoxy) is 1. The number of rotatable bonds is 6. The van der Waals surface area contributed by atoms with Gasteiger partial charge in [-0.1, -0.05) is 277 Å². The molecule has 1 fully saturated rings. The van der Waals surface area contributed by atoms with Gasteiger partial charge in [0, 0.05) is 36.9 Å². The fourth-order valence-electron chi connectivity index (χ4n) is 11.2. The summed E-state index contributed by atoms with van der Waals surface area (Å²) in [6.45, 7) is 5.21. The van der Waals surface area contributed by atoms with E-state index in [1.165, 1.54) is 103 Å². The van der Waals surface area contributed by atoms with Crippen LogP contribution >= 0.6 is 83.9 Å². The van der Waals surface area contributed by atoms with E-state index in [1.807, 2.05) is 78.9 Å². The molecule has 0 aliphatic carbocycles. The second kappa shape index (κ2) is 28.7. The van der Waals surface area contributed by atoms with Gasteiger partial charge in [0.1, 0.15) is 0 Å². The Morgan fingerprint density at radius 3 is 1.29 bits per heavy atom. The van der Waals surface area contributed by atoms with Crippen molar-refractivity contribution < 1.29 is 23.6 Å². The van der Waals surface area contributed by atoms with Crippen molar-refractivity contribution in [1.82, 2.24) is 0 Å². The molecule has 82 heavy (non-hydrogen) atoms. The molecule has 0 N–H and O–H groups in total. The molecule has 0 unspecified atom stereocenters. The SMILES string of the molecule is C1CCOC1.Cl[Si](Cl)(c1ccccc1)c1ccccc1.Clc1ccc(Br)c(-c2c(I)c3ccccc3c3ccccc23)c1.Clc1ccc2c(c1)-c1c(c3ccccc3c3ccccc13)[Si]2(c1ccccc1)c1ccccc1.[CH2-]CCC.[Li+]. The first-order valence-corrected chi connectivity index (χ1v) is 36.0. The summed E-state index contributed by atoms with van der Waals surface area (Å²) in [6, 6.07) is 89.5. The molecule has 0 atom stereocenters. The molecule has 2 aliphatic heterocycles. The normalized spacial score (nSPS) is 12.7. The van der Waals surface area contributed by atoms with Gasteiger partial charge in [-0.2, -0.15) is 6.42 Å². The summed E-state index contributed by atoms with van der Waals surface area (Å²) in [5.74, 6) is 0. The molecule has 2 heterocycles. The van der Waals surface area contributed by atoms with Crippen molar-refractivity contribution >= 4 is 173 Å². The van der Waals surface area contributed by atoms with Gasteiger partial charge in [-0.05, 0) is 157 Å². The van der Waals surface area contributed by atoms with Crippen LogP contribution in [0, 0.1) is 10.5 Å². The van der Waals surface area contributed by atoms with Gasteiger partial charge < -0.3 is 11.7 Å². The van der Waals surface area contributed by atoms with Crippen molar-refractivity contribution in [1.29, 1.82) is 0 Å². The summed E-state index contributed by atoms with van der Waals surface area (Å²) in [6.07, 6.45) is 4.83. The third-order valence-corrected chi connectivity index (χ3v) is 26.8. The summed E-state index contributed by atoms with van der Waals surface area (Å²) in [5.41, 5.74) is 4.99. The summed E-state index contributed by atoms with van der Waals surface area (Å²) < 4.78 is 7.25. The topological polar surface area (TPSA) is 9.23 Å². The van der Waals surface area contributed by atoms with Gasteiger partial charge >= 0.3 is 25.6 Å². The molecule has 1 saturated heterocycles. The largest absolute Gasteiger partial charge is 1.00 e. The number of benzene rings is 12. The Kier molecular flexibility index (Phi) is 21.6.